The first kappa shape index (κ1) is 25.5. The lowest BCUT2D eigenvalue weighted by molar-refractivity contribution is 0.0356. The monoisotopic (exact) mass is 520 g/mol. The van der Waals surface area contributed by atoms with Gasteiger partial charge in [0.2, 0.25) is 0 Å². The summed E-state index contributed by atoms with van der Waals surface area (Å²) < 4.78 is 7.45. The Kier molecular flexibility index (Phi) is 8.25. The number of aromatic nitrogens is 5. The summed E-state index contributed by atoms with van der Waals surface area (Å²) in [5.74, 6) is 0.859. The maximum atomic E-state index is 6.18. The van der Waals surface area contributed by atoms with Crippen LogP contribution in [0.2, 0.25) is 5.02 Å². The van der Waals surface area contributed by atoms with E-state index in [9.17, 15) is 0 Å². The minimum atomic E-state index is -0.0653. The largest absolute Gasteiger partial charge is 0.379 e. The Labute approximate surface area is 222 Å². The minimum absolute atomic E-state index is 0.0653. The Hall–Kier alpha value is -3.11. The molecule has 1 fully saturated rings. The SMILES string of the molecule is CCN(CC)C(c1cccc(Nc2ccnc3cc(Cl)ccc23)c1)c1nnnn1CCN1CCOCC1. The zero-order valence-electron chi connectivity index (χ0n) is 21.3. The number of nitrogens with one attached hydrogen (secondary N) is 1. The van der Waals surface area contributed by atoms with Crippen LogP contribution in [0.15, 0.2) is 54.7 Å². The van der Waals surface area contributed by atoms with Crippen LogP contribution in [0.3, 0.4) is 0 Å². The van der Waals surface area contributed by atoms with Gasteiger partial charge in [0.05, 0.1) is 31.3 Å². The summed E-state index contributed by atoms with van der Waals surface area (Å²) in [6.07, 6.45) is 1.80. The van der Waals surface area contributed by atoms with Crippen LogP contribution in [0.1, 0.15) is 31.3 Å². The second-order valence-corrected chi connectivity index (χ2v) is 9.54. The van der Waals surface area contributed by atoms with Crippen LogP contribution in [0.4, 0.5) is 11.4 Å². The van der Waals surface area contributed by atoms with E-state index >= 15 is 0 Å². The van der Waals surface area contributed by atoms with Gasteiger partial charge in [-0.1, -0.05) is 37.6 Å². The minimum Gasteiger partial charge on any atom is -0.379 e. The molecule has 3 heterocycles. The molecule has 1 saturated heterocycles. The van der Waals surface area contributed by atoms with Crippen LogP contribution in [-0.4, -0.2) is 80.9 Å². The first-order chi connectivity index (χ1) is 18.2. The maximum Gasteiger partial charge on any atom is 0.173 e. The first-order valence-electron chi connectivity index (χ1n) is 12.9. The van der Waals surface area contributed by atoms with Crippen molar-refractivity contribution in [3.8, 4) is 0 Å². The molecule has 5 rings (SSSR count). The number of nitrogens with zero attached hydrogens (tertiary/aromatic N) is 7. The number of hydrogen-bond donors (Lipinski definition) is 1. The van der Waals surface area contributed by atoms with Gasteiger partial charge in [-0.15, -0.1) is 5.10 Å². The first-order valence-corrected chi connectivity index (χ1v) is 13.3. The van der Waals surface area contributed by atoms with Crippen LogP contribution >= 0.6 is 11.6 Å². The van der Waals surface area contributed by atoms with Gasteiger partial charge in [-0.05, 0) is 65.5 Å². The third kappa shape index (κ3) is 5.91. The van der Waals surface area contributed by atoms with E-state index in [-0.39, 0.29) is 6.04 Å². The van der Waals surface area contributed by atoms with Crippen LogP contribution in [0.5, 0.6) is 0 Å². The topological polar surface area (TPSA) is 84.2 Å². The summed E-state index contributed by atoms with van der Waals surface area (Å²) in [5.41, 5.74) is 3.96. The summed E-state index contributed by atoms with van der Waals surface area (Å²) >= 11 is 6.18. The summed E-state index contributed by atoms with van der Waals surface area (Å²) in [4.78, 5) is 9.25. The van der Waals surface area contributed by atoms with Crippen molar-refractivity contribution in [1.82, 2.24) is 35.0 Å². The van der Waals surface area contributed by atoms with Gasteiger partial charge in [-0.2, -0.15) is 0 Å². The predicted octanol–water partition coefficient (Wildman–Crippen LogP) is 4.38. The molecule has 2 aromatic heterocycles. The average molecular weight is 521 g/mol. The zero-order chi connectivity index (χ0) is 25.6. The maximum absolute atomic E-state index is 6.18. The normalized spacial score (nSPS) is 15.4. The molecule has 1 aliphatic heterocycles. The molecule has 10 heteroatoms. The second-order valence-electron chi connectivity index (χ2n) is 9.11. The molecular weight excluding hydrogens is 488 g/mol. The van der Waals surface area contributed by atoms with Gasteiger partial charge < -0.3 is 10.1 Å². The van der Waals surface area contributed by atoms with Gasteiger partial charge in [-0.25, -0.2) is 4.68 Å². The number of anilines is 2. The fourth-order valence-corrected chi connectivity index (χ4v) is 5.08. The van der Waals surface area contributed by atoms with E-state index in [1.54, 1.807) is 6.20 Å². The van der Waals surface area contributed by atoms with Crippen LogP contribution in [0, 0.1) is 0 Å². The molecule has 0 amide bonds. The molecule has 9 nitrogen and oxygen atoms in total. The number of morpholine rings is 1. The smallest absolute Gasteiger partial charge is 0.173 e. The number of tetrazole rings is 1. The van der Waals surface area contributed by atoms with Crippen molar-refractivity contribution < 1.29 is 4.74 Å². The summed E-state index contributed by atoms with van der Waals surface area (Å²) in [7, 11) is 0. The number of benzene rings is 2. The average Bonchev–Trinajstić information content (AvgIpc) is 3.39. The molecule has 1 unspecified atom stereocenters. The van der Waals surface area contributed by atoms with Gasteiger partial charge in [0, 0.05) is 47.6 Å². The highest BCUT2D eigenvalue weighted by Crippen LogP contribution is 2.31. The van der Waals surface area contributed by atoms with E-state index in [0.717, 1.165) is 86.1 Å². The molecule has 2 aromatic carbocycles. The lowest BCUT2D eigenvalue weighted by Gasteiger charge is -2.30. The number of fused-ring (bicyclic) bond motifs is 1. The number of halogens is 1. The fourth-order valence-electron chi connectivity index (χ4n) is 4.91. The van der Waals surface area contributed by atoms with Crippen molar-refractivity contribution in [1.29, 1.82) is 0 Å². The predicted molar refractivity (Wildman–Crippen MR) is 146 cm³/mol. The fraction of sp³-hybridized carbons (Fsp3) is 0.407. The van der Waals surface area contributed by atoms with E-state index in [2.05, 4.69) is 73.7 Å². The summed E-state index contributed by atoms with van der Waals surface area (Å²) in [5, 5.41) is 18.2. The van der Waals surface area contributed by atoms with Crippen LogP contribution in [-0.2, 0) is 11.3 Å². The number of hydrogen-bond acceptors (Lipinski definition) is 8. The van der Waals surface area contributed by atoms with Crippen LogP contribution < -0.4 is 5.32 Å². The second kappa shape index (κ2) is 12.0. The van der Waals surface area contributed by atoms with Gasteiger partial charge in [0.1, 0.15) is 0 Å². The van der Waals surface area contributed by atoms with Gasteiger partial charge in [0.25, 0.3) is 0 Å². The van der Waals surface area contributed by atoms with E-state index in [1.807, 2.05) is 28.9 Å². The molecule has 0 aliphatic carbocycles. The van der Waals surface area contributed by atoms with Crippen molar-refractivity contribution in [2.75, 3.05) is 51.3 Å². The van der Waals surface area contributed by atoms with E-state index in [1.165, 1.54) is 0 Å². The Balaban J connectivity index is 1.43. The Morgan fingerprint density at radius 3 is 2.70 bits per heavy atom. The molecular formula is C27H33ClN8O. The van der Waals surface area contributed by atoms with Gasteiger partial charge >= 0.3 is 0 Å². The molecule has 37 heavy (non-hydrogen) atoms. The highest BCUT2D eigenvalue weighted by molar-refractivity contribution is 6.31. The van der Waals surface area contributed by atoms with Gasteiger partial charge in [-0.3, -0.25) is 14.8 Å². The Morgan fingerprint density at radius 1 is 1.05 bits per heavy atom. The molecule has 1 aliphatic rings. The van der Waals surface area contributed by atoms with Gasteiger partial charge in [0.15, 0.2) is 5.82 Å². The summed E-state index contributed by atoms with van der Waals surface area (Å²) in [6, 6.07) is 16.2. The van der Waals surface area contributed by atoms with Crippen molar-refractivity contribution >= 4 is 33.9 Å². The molecule has 0 bridgehead atoms. The third-order valence-electron chi connectivity index (χ3n) is 6.90. The molecule has 0 saturated carbocycles. The molecule has 194 valence electrons. The zero-order valence-corrected chi connectivity index (χ0v) is 22.1. The number of pyridine rings is 1. The molecule has 1 atom stereocenters. The standard InChI is InChI=1S/C27H33ClN8O/c1-3-35(4-2)26(27-31-32-33-36(27)13-12-34-14-16-37-17-15-34)20-6-5-7-22(18-20)30-24-10-11-29-25-19-21(28)8-9-23(24)25/h5-11,18-19,26H,3-4,12-17H2,1-2H3,(H,29,30). The third-order valence-corrected chi connectivity index (χ3v) is 7.13. The highest BCUT2D eigenvalue weighted by Gasteiger charge is 2.27. The summed E-state index contributed by atoms with van der Waals surface area (Å²) in [6.45, 7) is 11.2. The lowest BCUT2D eigenvalue weighted by Crippen LogP contribution is -2.39. The highest BCUT2D eigenvalue weighted by atomic mass is 35.5. The van der Waals surface area contributed by atoms with Crippen molar-refractivity contribution in [3.05, 3.63) is 71.1 Å². The molecule has 0 spiro atoms. The van der Waals surface area contributed by atoms with Crippen molar-refractivity contribution in [3.63, 3.8) is 0 Å². The van der Waals surface area contributed by atoms with Crippen molar-refractivity contribution in [2.45, 2.75) is 26.4 Å². The number of ether oxygens (including phenoxy) is 1. The van der Waals surface area contributed by atoms with E-state index in [4.69, 9.17) is 16.3 Å². The van der Waals surface area contributed by atoms with E-state index in [0.29, 0.717) is 5.02 Å². The molecule has 0 radical (unpaired) electrons. The Morgan fingerprint density at radius 2 is 1.89 bits per heavy atom. The number of rotatable bonds is 10. The van der Waals surface area contributed by atoms with Crippen molar-refractivity contribution in [2.24, 2.45) is 0 Å². The lowest BCUT2D eigenvalue weighted by atomic mass is 10.0. The Bertz CT molecular complexity index is 1320. The molecule has 4 aromatic rings. The van der Waals surface area contributed by atoms with E-state index < -0.39 is 0 Å². The van der Waals surface area contributed by atoms with Crippen LogP contribution in [0.25, 0.3) is 10.9 Å². The quantitative estimate of drug-likeness (QED) is 0.330. The molecule has 1 N–H and O–H groups in total.